The molecule has 4 nitrogen and oxygen atoms in total. The number of carboxylic acid groups (broad SMARTS) is 1. The summed E-state index contributed by atoms with van der Waals surface area (Å²) in [7, 11) is 2.02. The maximum atomic E-state index is 10.1. The minimum absolute atomic E-state index is 0.0887. The first-order valence-corrected chi connectivity index (χ1v) is 4.53. The lowest BCUT2D eigenvalue weighted by molar-refractivity contribution is -0.138. The number of hydrogen-bond donors (Lipinski definition) is 1. The van der Waals surface area contributed by atoms with Gasteiger partial charge in [0.15, 0.2) is 0 Å². The Morgan fingerprint density at radius 1 is 1.46 bits per heavy atom. The second kappa shape index (κ2) is 6.86. The summed E-state index contributed by atoms with van der Waals surface area (Å²) in [5.41, 5.74) is 0. The van der Waals surface area contributed by atoms with Crippen molar-refractivity contribution < 1.29 is 14.6 Å². The van der Waals surface area contributed by atoms with E-state index >= 15 is 0 Å². The fraction of sp³-hybridized carbons (Fsp3) is 0.889. The lowest BCUT2D eigenvalue weighted by Crippen LogP contribution is -2.29. The van der Waals surface area contributed by atoms with Crippen molar-refractivity contribution in [2.24, 2.45) is 0 Å². The van der Waals surface area contributed by atoms with E-state index in [4.69, 9.17) is 9.84 Å². The van der Waals surface area contributed by atoms with Gasteiger partial charge in [-0.2, -0.15) is 0 Å². The van der Waals surface area contributed by atoms with Gasteiger partial charge < -0.3 is 14.7 Å². The van der Waals surface area contributed by atoms with Crippen LogP contribution in [0.1, 0.15) is 20.3 Å². The van der Waals surface area contributed by atoms with Gasteiger partial charge >= 0.3 is 5.97 Å². The monoisotopic (exact) mass is 189 g/mol. The van der Waals surface area contributed by atoms with Crippen LogP contribution in [-0.4, -0.2) is 48.8 Å². The van der Waals surface area contributed by atoms with Crippen molar-refractivity contribution in [2.45, 2.75) is 26.3 Å². The van der Waals surface area contributed by atoms with Gasteiger partial charge in [-0.15, -0.1) is 0 Å². The molecule has 0 aromatic carbocycles. The van der Waals surface area contributed by atoms with E-state index in [2.05, 4.69) is 18.7 Å². The Labute approximate surface area is 79.5 Å². The Hall–Kier alpha value is -0.610. The lowest BCUT2D eigenvalue weighted by atomic mass is 10.3. The van der Waals surface area contributed by atoms with Gasteiger partial charge in [0.2, 0.25) is 0 Å². The van der Waals surface area contributed by atoms with Crippen LogP contribution in [-0.2, 0) is 9.53 Å². The van der Waals surface area contributed by atoms with Crippen molar-refractivity contribution in [3.05, 3.63) is 0 Å². The van der Waals surface area contributed by atoms with Crippen LogP contribution in [0.5, 0.6) is 0 Å². The Morgan fingerprint density at radius 2 is 2.08 bits per heavy atom. The zero-order valence-electron chi connectivity index (χ0n) is 8.62. The number of rotatable bonds is 7. The van der Waals surface area contributed by atoms with Crippen LogP contribution in [0.3, 0.4) is 0 Å². The molecule has 0 amide bonds. The molecule has 0 atom stereocenters. The van der Waals surface area contributed by atoms with Crippen LogP contribution >= 0.6 is 0 Å². The van der Waals surface area contributed by atoms with E-state index in [-0.39, 0.29) is 6.42 Å². The molecule has 78 valence electrons. The zero-order chi connectivity index (χ0) is 10.3. The first kappa shape index (κ1) is 12.4. The molecule has 0 saturated heterocycles. The highest BCUT2D eigenvalue weighted by molar-refractivity contribution is 5.66. The summed E-state index contributed by atoms with van der Waals surface area (Å²) in [6, 6.07) is 0.503. The molecule has 0 rings (SSSR count). The average Bonchev–Trinajstić information content (AvgIpc) is 2.02. The number of carbonyl (C=O) groups is 1. The van der Waals surface area contributed by atoms with E-state index in [1.54, 1.807) is 0 Å². The summed E-state index contributed by atoms with van der Waals surface area (Å²) in [4.78, 5) is 12.3. The van der Waals surface area contributed by atoms with E-state index in [9.17, 15) is 4.79 Å². The molecule has 0 spiro atoms. The predicted molar refractivity (Wildman–Crippen MR) is 50.8 cm³/mol. The molecular weight excluding hydrogens is 170 g/mol. The molecule has 1 N–H and O–H groups in total. The zero-order valence-corrected chi connectivity index (χ0v) is 8.62. The summed E-state index contributed by atoms with van der Waals surface area (Å²) in [5.74, 6) is -0.808. The Kier molecular flexibility index (Phi) is 6.54. The Balaban J connectivity index is 3.21. The second-order valence-corrected chi connectivity index (χ2v) is 3.33. The predicted octanol–water partition coefficient (Wildman–Crippen LogP) is 0.818. The largest absolute Gasteiger partial charge is 0.481 e. The van der Waals surface area contributed by atoms with Crippen LogP contribution in [0.25, 0.3) is 0 Å². The molecule has 0 aliphatic heterocycles. The van der Waals surface area contributed by atoms with E-state index in [0.29, 0.717) is 19.3 Å². The molecule has 0 saturated carbocycles. The Morgan fingerprint density at radius 3 is 2.54 bits per heavy atom. The standard InChI is InChI=1S/C9H19NO3/c1-8(2)10(3)5-7-13-6-4-9(11)12/h8H,4-7H2,1-3H3,(H,11,12). The minimum atomic E-state index is -0.808. The second-order valence-electron chi connectivity index (χ2n) is 3.33. The maximum absolute atomic E-state index is 10.1. The fourth-order valence-electron chi connectivity index (χ4n) is 0.728. The molecule has 0 heterocycles. The molecule has 0 fully saturated rings. The van der Waals surface area contributed by atoms with Gasteiger partial charge in [0, 0.05) is 12.6 Å². The minimum Gasteiger partial charge on any atom is -0.481 e. The molecule has 0 bridgehead atoms. The number of ether oxygens (including phenoxy) is 1. The van der Waals surface area contributed by atoms with Crippen LogP contribution in [0.4, 0.5) is 0 Å². The molecule has 0 aliphatic carbocycles. The first-order chi connectivity index (χ1) is 6.04. The van der Waals surface area contributed by atoms with Crippen LogP contribution in [0.15, 0.2) is 0 Å². The van der Waals surface area contributed by atoms with Crippen molar-refractivity contribution in [3.8, 4) is 0 Å². The molecule has 0 aromatic heterocycles. The van der Waals surface area contributed by atoms with Crippen molar-refractivity contribution in [2.75, 3.05) is 26.8 Å². The number of aliphatic carboxylic acids is 1. The SMILES string of the molecule is CC(C)N(C)CCOCCC(=O)O. The topological polar surface area (TPSA) is 49.8 Å². The summed E-state index contributed by atoms with van der Waals surface area (Å²) in [6.45, 7) is 5.97. The molecule has 13 heavy (non-hydrogen) atoms. The molecule has 0 aliphatic rings. The van der Waals surface area contributed by atoms with Crippen molar-refractivity contribution >= 4 is 5.97 Å². The summed E-state index contributed by atoms with van der Waals surface area (Å²) in [6.07, 6.45) is 0.0887. The third-order valence-corrected chi connectivity index (χ3v) is 1.93. The van der Waals surface area contributed by atoms with Gasteiger partial charge in [-0.05, 0) is 20.9 Å². The van der Waals surface area contributed by atoms with Gasteiger partial charge in [-0.3, -0.25) is 4.79 Å². The normalized spacial score (nSPS) is 11.2. The third kappa shape index (κ3) is 7.74. The molecular formula is C9H19NO3. The summed E-state index contributed by atoms with van der Waals surface area (Å²) < 4.78 is 5.14. The maximum Gasteiger partial charge on any atom is 0.305 e. The number of likely N-dealkylation sites (N-methyl/N-ethyl adjacent to an activating group) is 1. The first-order valence-electron chi connectivity index (χ1n) is 4.53. The fourth-order valence-corrected chi connectivity index (χ4v) is 0.728. The van der Waals surface area contributed by atoms with Gasteiger partial charge in [0.25, 0.3) is 0 Å². The van der Waals surface area contributed by atoms with Crippen molar-refractivity contribution in [1.82, 2.24) is 4.90 Å². The molecule has 0 radical (unpaired) electrons. The van der Waals surface area contributed by atoms with E-state index in [1.165, 1.54) is 0 Å². The Bertz CT molecular complexity index is 148. The van der Waals surface area contributed by atoms with E-state index in [0.717, 1.165) is 6.54 Å². The molecule has 0 unspecified atom stereocenters. The number of hydrogen-bond acceptors (Lipinski definition) is 3. The van der Waals surface area contributed by atoms with E-state index < -0.39 is 5.97 Å². The highest BCUT2D eigenvalue weighted by Gasteiger charge is 2.02. The van der Waals surface area contributed by atoms with Crippen molar-refractivity contribution in [1.29, 1.82) is 0 Å². The van der Waals surface area contributed by atoms with Crippen molar-refractivity contribution in [3.63, 3.8) is 0 Å². The highest BCUT2D eigenvalue weighted by atomic mass is 16.5. The molecule has 4 heteroatoms. The average molecular weight is 189 g/mol. The number of carboxylic acids is 1. The van der Waals surface area contributed by atoms with Crippen LogP contribution in [0, 0.1) is 0 Å². The van der Waals surface area contributed by atoms with Crippen LogP contribution < -0.4 is 0 Å². The van der Waals surface area contributed by atoms with Gasteiger partial charge in [-0.1, -0.05) is 0 Å². The molecule has 0 aromatic rings. The number of nitrogens with zero attached hydrogens (tertiary/aromatic N) is 1. The van der Waals surface area contributed by atoms with Gasteiger partial charge in [-0.25, -0.2) is 0 Å². The lowest BCUT2D eigenvalue weighted by Gasteiger charge is -2.20. The van der Waals surface area contributed by atoms with E-state index in [1.807, 2.05) is 7.05 Å². The quantitative estimate of drug-likeness (QED) is 0.602. The van der Waals surface area contributed by atoms with Gasteiger partial charge in [0.05, 0.1) is 19.6 Å². The van der Waals surface area contributed by atoms with Crippen LogP contribution in [0.2, 0.25) is 0 Å². The summed E-state index contributed by atoms with van der Waals surface area (Å²) >= 11 is 0. The summed E-state index contributed by atoms with van der Waals surface area (Å²) in [5, 5.41) is 8.32. The van der Waals surface area contributed by atoms with Gasteiger partial charge in [0.1, 0.15) is 0 Å². The third-order valence-electron chi connectivity index (χ3n) is 1.93. The highest BCUT2D eigenvalue weighted by Crippen LogP contribution is 1.92. The smallest absolute Gasteiger partial charge is 0.305 e.